The highest BCUT2D eigenvalue weighted by Crippen LogP contribution is 2.21. The number of hydrogen-bond acceptors (Lipinski definition) is 3. The first kappa shape index (κ1) is 16.0. The maximum Gasteiger partial charge on any atom is 0.231 e. The topological polar surface area (TPSA) is 72.3 Å². The second-order valence-electron chi connectivity index (χ2n) is 4.59. The van der Waals surface area contributed by atoms with Gasteiger partial charge < -0.3 is 11.5 Å². The fourth-order valence-corrected chi connectivity index (χ4v) is 2.21. The van der Waals surface area contributed by atoms with E-state index < -0.39 is 0 Å². The lowest BCUT2D eigenvalue weighted by Crippen LogP contribution is -2.40. The summed E-state index contributed by atoms with van der Waals surface area (Å²) in [6.45, 7) is 3.59. The minimum absolute atomic E-state index is 0.00341. The summed E-state index contributed by atoms with van der Waals surface area (Å²) < 4.78 is 0. The molecule has 19 heavy (non-hydrogen) atoms. The van der Waals surface area contributed by atoms with Crippen molar-refractivity contribution in [3.8, 4) is 0 Å². The molecule has 0 aliphatic heterocycles. The third-order valence-corrected chi connectivity index (χ3v) is 3.33. The summed E-state index contributed by atoms with van der Waals surface area (Å²) in [6, 6.07) is 7.56. The SMILES string of the molecule is CCCCN(CC(N)=O)C(CN)c1ccc(Cl)cc1. The van der Waals surface area contributed by atoms with E-state index in [1.165, 1.54) is 0 Å². The smallest absolute Gasteiger partial charge is 0.231 e. The Kier molecular flexibility index (Phi) is 6.84. The molecule has 0 saturated heterocycles. The van der Waals surface area contributed by atoms with E-state index in [1.807, 2.05) is 29.2 Å². The molecule has 0 aromatic heterocycles. The first-order valence-electron chi connectivity index (χ1n) is 6.56. The van der Waals surface area contributed by atoms with Crippen LogP contribution in [0.1, 0.15) is 31.4 Å². The summed E-state index contributed by atoms with van der Waals surface area (Å²) in [6.07, 6.45) is 2.07. The van der Waals surface area contributed by atoms with Crippen molar-refractivity contribution in [3.63, 3.8) is 0 Å². The van der Waals surface area contributed by atoms with Crippen LogP contribution in [0.4, 0.5) is 0 Å². The number of carbonyl (C=O) groups excluding carboxylic acids is 1. The van der Waals surface area contributed by atoms with Crippen LogP contribution in [0.5, 0.6) is 0 Å². The lowest BCUT2D eigenvalue weighted by molar-refractivity contribution is -0.119. The van der Waals surface area contributed by atoms with Crippen molar-refractivity contribution < 1.29 is 4.79 Å². The van der Waals surface area contributed by atoms with Crippen molar-refractivity contribution in [2.45, 2.75) is 25.8 Å². The van der Waals surface area contributed by atoms with Crippen LogP contribution in [-0.4, -0.2) is 30.4 Å². The summed E-state index contributed by atoms with van der Waals surface area (Å²) >= 11 is 5.89. The van der Waals surface area contributed by atoms with Crippen LogP contribution in [0.15, 0.2) is 24.3 Å². The van der Waals surface area contributed by atoms with Gasteiger partial charge in [-0.3, -0.25) is 9.69 Å². The number of rotatable bonds is 8. The average Bonchev–Trinajstić information content (AvgIpc) is 2.38. The second-order valence-corrected chi connectivity index (χ2v) is 5.03. The maximum atomic E-state index is 11.2. The Morgan fingerprint density at radius 1 is 1.37 bits per heavy atom. The molecule has 0 fully saturated rings. The van der Waals surface area contributed by atoms with Crippen molar-refractivity contribution in [3.05, 3.63) is 34.9 Å². The van der Waals surface area contributed by atoms with Crippen LogP contribution in [0.3, 0.4) is 0 Å². The molecule has 1 atom stereocenters. The lowest BCUT2D eigenvalue weighted by atomic mass is 10.0. The Bertz CT molecular complexity index is 394. The summed E-state index contributed by atoms with van der Waals surface area (Å²) in [5.74, 6) is -0.330. The number of carbonyl (C=O) groups is 1. The lowest BCUT2D eigenvalue weighted by Gasteiger charge is -2.30. The zero-order valence-electron chi connectivity index (χ0n) is 11.3. The average molecular weight is 284 g/mol. The van der Waals surface area contributed by atoms with Gasteiger partial charge in [-0.25, -0.2) is 0 Å². The zero-order valence-corrected chi connectivity index (χ0v) is 12.1. The molecule has 0 bridgehead atoms. The Morgan fingerprint density at radius 3 is 2.47 bits per heavy atom. The van der Waals surface area contributed by atoms with E-state index in [9.17, 15) is 4.79 Å². The highest BCUT2D eigenvalue weighted by molar-refractivity contribution is 6.30. The maximum absolute atomic E-state index is 11.2. The molecule has 5 heteroatoms. The van der Waals surface area contributed by atoms with Crippen LogP contribution in [-0.2, 0) is 4.79 Å². The minimum Gasteiger partial charge on any atom is -0.369 e. The number of unbranched alkanes of at least 4 members (excludes halogenated alkanes) is 1. The van der Waals surface area contributed by atoms with Gasteiger partial charge in [0, 0.05) is 17.6 Å². The van der Waals surface area contributed by atoms with E-state index in [1.54, 1.807) is 0 Å². The van der Waals surface area contributed by atoms with Gasteiger partial charge in [-0.05, 0) is 30.7 Å². The Morgan fingerprint density at radius 2 is 2.00 bits per heavy atom. The third-order valence-electron chi connectivity index (χ3n) is 3.08. The first-order chi connectivity index (χ1) is 9.08. The van der Waals surface area contributed by atoms with Crippen molar-refractivity contribution in [1.29, 1.82) is 0 Å². The first-order valence-corrected chi connectivity index (χ1v) is 6.94. The molecule has 1 rings (SSSR count). The fraction of sp³-hybridized carbons (Fsp3) is 0.500. The van der Waals surface area contributed by atoms with Gasteiger partial charge in [0.15, 0.2) is 0 Å². The van der Waals surface area contributed by atoms with E-state index >= 15 is 0 Å². The summed E-state index contributed by atoms with van der Waals surface area (Å²) in [7, 11) is 0. The summed E-state index contributed by atoms with van der Waals surface area (Å²) in [5.41, 5.74) is 12.2. The van der Waals surface area contributed by atoms with Crippen molar-refractivity contribution in [2.75, 3.05) is 19.6 Å². The normalized spacial score (nSPS) is 12.6. The summed E-state index contributed by atoms with van der Waals surface area (Å²) in [5, 5.41) is 0.689. The Balaban J connectivity index is 2.87. The molecule has 0 radical (unpaired) electrons. The zero-order chi connectivity index (χ0) is 14.3. The van der Waals surface area contributed by atoms with E-state index in [0.29, 0.717) is 11.6 Å². The van der Waals surface area contributed by atoms with E-state index in [0.717, 1.165) is 24.9 Å². The molecule has 0 spiro atoms. The highest BCUT2D eigenvalue weighted by atomic mass is 35.5. The number of halogens is 1. The number of nitrogens with two attached hydrogens (primary N) is 2. The fourth-order valence-electron chi connectivity index (χ4n) is 2.09. The molecular weight excluding hydrogens is 262 g/mol. The van der Waals surface area contributed by atoms with Gasteiger partial charge in [0.1, 0.15) is 0 Å². The minimum atomic E-state index is -0.330. The van der Waals surface area contributed by atoms with Crippen LogP contribution < -0.4 is 11.5 Å². The van der Waals surface area contributed by atoms with E-state index in [2.05, 4.69) is 6.92 Å². The molecule has 1 amide bonds. The molecule has 0 aliphatic carbocycles. The van der Waals surface area contributed by atoms with Crippen molar-refractivity contribution >= 4 is 17.5 Å². The molecule has 0 saturated carbocycles. The van der Waals surface area contributed by atoms with E-state index in [4.69, 9.17) is 23.1 Å². The van der Waals surface area contributed by atoms with Gasteiger partial charge in [0.25, 0.3) is 0 Å². The van der Waals surface area contributed by atoms with Crippen LogP contribution in [0, 0.1) is 0 Å². The van der Waals surface area contributed by atoms with Gasteiger partial charge >= 0.3 is 0 Å². The Labute approximate surface area is 119 Å². The largest absolute Gasteiger partial charge is 0.369 e. The quantitative estimate of drug-likeness (QED) is 0.766. The number of nitrogens with zero attached hydrogens (tertiary/aromatic N) is 1. The predicted molar refractivity (Wildman–Crippen MR) is 78.9 cm³/mol. The van der Waals surface area contributed by atoms with Gasteiger partial charge in [-0.1, -0.05) is 37.1 Å². The number of primary amides is 1. The van der Waals surface area contributed by atoms with Gasteiger partial charge in [-0.15, -0.1) is 0 Å². The molecule has 4 N–H and O–H groups in total. The number of amides is 1. The molecule has 1 unspecified atom stereocenters. The molecular formula is C14H22ClN3O. The van der Waals surface area contributed by atoms with Crippen LogP contribution >= 0.6 is 11.6 Å². The standard InChI is InChI=1S/C14H22ClN3O/c1-2-3-8-18(10-14(17)19)13(9-16)11-4-6-12(15)7-5-11/h4-7,13H,2-3,8-10,16H2,1H3,(H2,17,19). The molecule has 0 aliphatic rings. The monoisotopic (exact) mass is 283 g/mol. The molecule has 106 valence electrons. The van der Waals surface area contributed by atoms with Gasteiger partial charge in [0.2, 0.25) is 5.91 Å². The van der Waals surface area contributed by atoms with E-state index in [-0.39, 0.29) is 18.5 Å². The van der Waals surface area contributed by atoms with Crippen molar-refractivity contribution in [2.24, 2.45) is 11.5 Å². The molecule has 1 aromatic carbocycles. The third kappa shape index (κ3) is 5.19. The second kappa shape index (κ2) is 8.15. The number of hydrogen-bond donors (Lipinski definition) is 2. The number of benzene rings is 1. The predicted octanol–water partition coefficient (Wildman–Crippen LogP) is 1.93. The molecule has 1 aromatic rings. The van der Waals surface area contributed by atoms with Crippen molar-refractivity contribution in [1.82, 2.24) is 4.90 Å². The van der Waals surface area contributed by atoms with Crippen LogP contribution in [0.2, 0.25) is 5.02 Å². The van der Waals surface area contributed by atoms with Crippen LogP contribution in [0.25, 0.3) is 0 Å². The highest BCUT2D eigenvalue weighted by Gasteiger charge is 2.20. The summed E-state index contributed by atoms with van der Waals surface area (Å²) in [4.78, 5) is 13.2. The van der Waals surface area contributed by atoms with Gasteiger partial charge in [0.05, 0.1) is 6.54 Å². The van der Waals surface area contributed by atoms with Gasteiger partial charge in [-0.2, -0.15) is 0 Å². The Hall–Kier alpha value is -1.10. The molecule has 4 nitrogen and oxygen atoms in total. The molecule has 0 heterocycles.